The minimum Gasteiger partial charge on any atom is -0.508 e. The maximum Gasteiger partial charge on any atom is 0.126 e. The minimum atomic E-state index is 0. The van der Waals surface area contributed by atoms with Crippen molar-refractivity contribution in [1.29, 1.82) is 0 Å². The molecular weight excluding hydrogens is 322 g/mol. The van der Waals surface area contributed by atoms with Crippen molar-refractivity contribution in [2.24, 2.45) is 5.92 Å². The van der Waals surface area contributed by atoms with Gasteiger partial charge in [0.1, 0.15) is 11.5 Å². The lowest BCUT2D eigenvalue weighted by Crippen LogP contribution is -2.23. The van der Waals surface area contributed by atoms with Gasteiger partial charge in [0.15, 0.2) is 0 Å². The topological polar surface area (TPSA) is 32.7 Å². The number of para-hydroxylation sites is 1. The summed E-state index contributed by atoms with van der Waals surface area (Å²) in [6.45, 7) is 1.70. The van der Waals surface area contributed by atoms with Crippen molar-refractivity contribution in [2.45, 2.75) is 6.42 Å². The Morgan fingerprint density at radius 2 is 1.96 bits per heavy atom. The predicted molar refractivity (Wildman–Crippen MR) is 102 cm³/mol. The van der Waals surface area contributed by atoms with Crippen LogP contribution in [0.25, 0.3) is 11.6 Å². The molecule has 1 unspecified atom stereocenters. The van der Waals surface area contributed by atoms with E-state index in [0.29, 0.717) is 11.7 Å². The predicted octanol–water partition coefficient (Wildman–Crippen LogP) is 4.31. The van der Waals surface area contributed by atoms with Crippen molar-refractivity contribution >= 4 is 24.1 Å². The second-order valence-corrected chi connectivity index (χ2v) is 6.29. The molecule has 0 aliphatic carbocycles. The molecule has 0 spiro atoms. The number of halogens is 1. The molecule has 1 N–H and O–H groups in total. The first-order valence-electron chi connectivity index (χ1n) is 8.01. The summed E-state index contributed by atoms with van der Waals surface area (Å²) in [6.07, 6.45) is 3.17. The lowest BCUT2D eigenvalue weighted by Gasteiger charge is -2.22. The van der Waals surface area contributed by atoms with E-state index in [1.54, 1.807) is 12.1 Å². The number of ether oxygens (including phenoxy) is 1. The minimum absolute atomic E-state index is 0. The molecule has 3 nitrogen and oxygen atoms in total. The SMILES string of the molecule is CN(C)CC1CCOc2ccccc2/C1=C/c1cccc(O)c1.Cl. The molecule has 128 valence electrons. The van der Waals surface area contributed by atoms with E-state index in [1.165, 1.54) is 5.57 Å². The molecule has 24 heavy (non-hydrogen) atoms. The zero-order valence-corrected chi connectivity index (χ0v) is 14.9. The van der Waals surface area contributed by atoms with Crippen molar-refractivity contribution in [3.05, 3.63) is 59.7 Å². The van der Waals surface area contributed by atoms with Crippen molar-refractivity contribution in [2.75, 3.05) is 27.2 Å². The smallest absolute Gasteiger partial charge is 0.126 e. The molecule has 1 atom stereocenters. The van der Waals surface area contributed by atoms with Crippen LogP contribution in [0.2, 0.25) is 0 Å². The van der Waals surface area contributed by atoms with E-state index < -0.39 is 0 Å². The van der Waals surface area contributed by atoms with E-state index in [0.717, 1.165) is 36.4 Å². The standard InChI is InChI=1S/C20H23NO2.ClH/c1-21(2)14-16-10-11-23-20-9-4-3-8-18(20)19(16)13-15-6-5-7-17(22)12-15;/h3-9,12-13,16,22H,10-11,14H2,1-2H3;1H/b19-13+;. The summed E-state index contributed by atoms with van der Waals surface area (Å²) in [7, 11) is 4.20. The first-order chi connectivity index (χ1) is 11.1. The Hall–Kier alpha value is -1.97. The quantitative estimate of drug-likeness (QED) is 0.899. The number of benzene rings is 2. The Balaban J connectivity index is 0.00000208. The lowest BCUT2D eigenvalue weighted by atomic mass is 9.88. The summed E-state index contributed by atoms with van der Waals surface area (Å²) in [6, 6.07) is 15.6. The average molecular weight is 346 g/mol. The van der Waals surface area contributed by atoms with Crippen LogP contribution in [-0.2, 0) is 0 Å². The fourth-order valence-electron chi connectivity index (χ4n) is 3.14. The van der Waals surface area contributed by atoms with E-state index in [9.17, 15) is 5.11 Å². The van der Waals surface area contributed by atoms with Gasteiger partial charge in [-0.15, -0.1) is 12.4 Å². The maximum absolute atomic E-state index is 9.74. The fraction of sp³-hybridized carbons (Fsp3) is 0.300. The number of phenols is 1. The van der Waals surface area contributed by atoms with Gasteiger partial charge in [0.2, 0.25) is 0 Å². The molecule has 1 heterocycles. The Labute approximate surface area is 150 Å². The van der Waals surface area contributed by atoms with Gasteiger partial charge in [-0.2, -0.15) is 0 Å². The van der Waals surface area contributed by atoms with Gasteiger partial charge in [-0.05, 0) is 49.9 Å². The van der Waals surface area contributed by atoms with Crippen LogP contribution < -0.4 is 4.74 Å². The number of nitrogens with zero attached hydrogens (tertiary/aromatic N) is 1. The summed E-state index contributed by atoms with van der Waals surface area (Å²) in [4.78, 5) is 2.22. The summed E-state index contributed by atoms with van der Waals surface area (Å²) >= 11 is 0. The molecule has 0 radical (unpaired) electrons. The van der Waals surface area contributed by atoms with Crippen molar-refractivity contribution in [3.8, 4) is 11.5 Å². The van der Waals surface area contributed by atoms with Crippen molar-refractivity contribution < 1.29 is 9.84 Å². The first kappa shape index (κ1) is 18.4. The molecule has 1 aliphatic heterocycles. The van der Waals surface area contributed by atoms with Crippen LogP contribution in [0.3, 0.4) is 0 Å². The molecule has 2 aromatic carbocycles. The van der Waals surface area contributed by atoms with Crippen LogP contribution in [0, 0.1) is 5.92 Å². The molecule has 4 heteroatoms. The molecule has 2 aromatic rings. The number of phenolic OH excluding ortho intramolecular Hbond substituents is 1. The lowest BCUT2D eigenvalue weighted by molar-refractivity contribution is 0.279. The van der Waals surface area contributed by atoms with Gasteiger partial charge >= 0.3 is 0 Å². The van der Waals surface area contributed by atoms with E-state index in [-0.39, 0.29) is 12.4 Å². The van der Waals surface area contributed by atoms with E-state index in [2.05, 4.69) is 37.2 Å². The third-order valence-corrected chi connectivity index (χ3v) is 4.14. The number of rotatable bonds is 3. The third kappa shape index (κ3) is 4.31. The number of hydrogen-bond donors (Lipinski definition) is 1. The second-order valence-electron chi connectivity index (χ2n) is 6.29. The molecule has 0 aromatic heterocycles. The number of hydrogen-bond acceptors (Lipinski definition) is 3. The summed E-state index contributed by atoms with van der Waals surface area (Å²) < 4.78 is 5.94. The second kappa shape index (κ2) is 8.22. The van der Waals surface area contributed by atoms with Crippen LogP contribution in [0.15, 0.2) is 48.5 Å². The van der Waals surface area contributed by atoms with E-state index >= 15 is 0 Å². The highest BCUT2D eigenvalue weighted by atomic mass is 35.5. The Morgan fingerprint density at radius 1 is 1.17 bits per heavy atom. The van der Waals surface area contributed by atoms with E-state index in [4.69, 9.17) is 4.74 Å². The normalized spacial score (nSPS) is 18.5. The van der Waals surface area contributed by atoms with Crippen LogP contribution in [0.4, 0.5) is 0 Å². The van der Waals surface area contributed by atoms with Crippen LogP contribution >= 0.6 is 12.4 Å². The molecular formula is C20H24ClNO2. The molecule has 0 saturated carbocycles. The van der Waals surface area contributed by atoms with Gasteiger partial charge in [-0.25, -0.2) is 0 Å². The highest BCUT2D eigenvalue weighted by Gasteiger charge is 2.23. The summed E-state index contributed by atoms with van der Waals surface area (Å²) in [5.41, 5.74) is 3.44. The zero-order chi connectivity index (χ0) is 16.2. The average Bonchev–Trinajstić information content (AvgIpc) is 2.67. The molecule has 3 rings (SSSR count). The van der Waals surface area contributed by atoms with Gasteiger partial charge in [-0.3, -0.25) is 0 Å². The highest BCUT2D eigenvalue weighted by Crippen LogP contribution is 2.37. The van der Waals surface area contributed by atoms with Gasteiger partial charge in [0.05, 0.1) is 6.61 Å². The van der Waals surface area contributed by atoms with Gasteiger partial charge in [0, 0.05) is 18.0 Å². The Bertz CT molecular complexity index is 712. The number of fused-ring (bicyclic) bond motifs is 1. The van der Waals surface area contributed by atoms with Crippen molar-refractivity contribution in [3.63, 3.8) is 0 Å². The Morgan fingerprint density at radius 3 is 2.71 bits per heavy atom. The molecule has 1 aliphatic rings. The summed E-state index contributed by atoms with van der Waals surface area (Å²) in [5, 5.41) is 9.74. The number of aromatic hydroxyl groups is 1. The van der Waals surface area contributed by atoms with Crippen LogP contribution in [0.5, 0.6) is 11.5 Å². The van der Waals surface area contributed by atoms with E-state index in [1.807, 2.05) is 24.3 Å². The molecule has 0 fully saturated rings. The molecule has 0 amide bonds. The van der Waals surface area contributed by atoms with Gasteiger partial charge in [0.25, 0.3) is 0 Å². The summed E-state index contributed by atoms with van der Waals surface area (Å²) in [5.74, 6) is 1.64. The monoisotopic (exact) mass is 345 g/mol. The van der Waals surface area contributed by atoms with Crippen molar-refractivity contribution in [1.82, 2.24) is 4.90 Å². The molecule has 0 bridgehead atoms. The van der Waals surface area contributed by atoms with Crippen LogP contribution in [-0.4, -0.2) is 37.3 Å². The van der Waals surface area contributed by atoms with Gasteiger partial charge in [-0.1, -0.05) is 36.4 Å². The zero-order valence-electron chi connectivity index (χ0n) is 14.1. The third-order valence-electron chi connectivity index (χ3n) is 4.14. The fourth-order valence-corrected chi connectivity index (χ4v) is 3.14. The highest BCUT2D eigenvalue weighted by molar-refractivity contribution is 5.86. The Kier molecular flexibility index (Phi) is 6.29. The van der Waals surface area contributed by atoms with Gasteiger partial charge < -0.3 is 14.7 Å². The largest absolute Gasteiger partial charge is 0.508 e. The maximum atomic E-state index is 9.74. The van der Waals surface area contributed by atoms with Crippen LogP contribution in [0.1, 0.15) is 17.5 Å². The molecule has 0 saturated heterocycles. The first-order valence-corrected chi connectivity index (χ1v) is 8.01.